The summed E-state index contributed by atoms with van der Waals surface area (Å²) in [4.78, 5) is 0. The lowest BCUT2D eigenvalue weighted by atomic mass is 9.94. The Hall–Kier alpha value is -4.12. The highest BCUT2D eigenvalue weighted by molar-refractivity contribution is 8.76. The van der Waals surface area contributed by atoms with Crippen LogP contribution in [-0.2, 0) is 0 Å². The van der Waals surface area contributed by atoms with Crippen molar-refractivity contribution in [2.45, 2.75) is 10.5 Å². The minimum atomic E-state index is -0.267. The van der Waals surface area contributed by atoms with Crippen molar-refractivity contribution >= 4 is 21.6 Å². The maximum absolute atomic E-state index is 14.6. The van der Waals surface area contributed by atoms with Crippen molar-refractivity contribution in [3.63, 3.8) is 0 Å². The van der Waals surface area contributed by atoms with Crippen LogP contribution in [0.15, 0.2) is 158 Å². The van der Waals surface area contributed by atoms with Gasteiger partial charge in [0.2, 0.25) is 0 Å². The molecule has 0 nitrogen and oxygen atoms in total. The van der Waals surface area contributed by atoms with Crippen LogP contribution >= 0.6 is 21.6 Å². The second-order valence-corrected chi connectivity index (χ2v) is 12.5. The van der Waals surface area contributed by atoms with Gasteiger partial charge in [-0.1, -0.05) is 155 Å². The minimum absolute atomic E-state index is 0.179. The van der Waals surface area contributed by atoms with Gasteiger partial charge in [-0.05, 0) is 68.8 Å². The average molecular weight is 587 g/mol. The summed E-state index contributed by atoms with van der Waals surface area (Å²) < 4.78 is 29.2. The summed E-state index contributed by atoms with van der Waals surface area (Å²) in [7, 11) is 3.36. The van der Waals surface area contributed by atoms with E-state index in [0.717, 1.165) is 44.5 Å². The maximum Gasteiger partial charge on any atom is 0.123 e. The SMILES string of the molecule is Fc1cccc(C(SSC(c2cccc(F)c2)c2ccccc2-c2ccccc2)c2ccccc2-c2ccccc2)c1. The topological polar surface area (TPSA) is 0 Å². The lowest BCUT2D eigenvalue weighted by molar-refractivity contribution is 0.625. The number of hydrogen-bond donors (Lipinski definition) is 0. The van der Waals surface area contributed by atoms with Gasteiger partial charge in [0.1, 0.15) is 11.6 Å². The number of hydrogen-bond acceptors (Lipinski definition) is 2. The molecule has 0 saturated heterocycles. The summed E-state index contributed by atoms with van der Waals surface area (Å²) >= 11 is 0. The Kier molecular flexibility index (Phi) is 8.83. The zero-order chi connectivity index (χ0) is 28.7. The third kappa shape index (κ3) is 6.35. The molecule has 0 bridgehead atoms. The largest absolute Gasteiger partial charge is 0.207 e. The van der Waals surface area contributed by atoms with Gasteiger partial charge in [-0.3, -0.25) is 0 Å². The summed E-state index contributed by atoms with van der Waals surface area (Å²) in [6.45, 7) is 0. The Morgan fingerprint density at radius 3 is 1.17 bits per heavy atom. The van der Waals surface area contributed by atoms with Crippen LogP contribution in [0.3, 0.4) is 0 Å². The van der Waals surface area contributed by atoms with Crippen molar-refractivity contribution < 1.29 is 8.78 Å². The standard InChI is InChI=1S/C38H28F2S2/c39-31-19-11-17-29(25-31)37(35-23-9-7-21-33(35)27-13-3-1-4-14-27)41-42-38(30-18-12-20-32(40)26-30)36-24-10-8-22-34(36)28-15-5-2-6-16-28/h1-26,37-38H. The number of rotatable bonds is 9. The fourth-order valence-corrected chi connectivity index (χ4v) is 8.55. The smallest absolute Gasteiger partial charge is 0.123 e. The van der Waals surface area contributed by atoms with Gasteiger partial charge in [-0.15, -0.1) is 0 Å². The fraction of sp³-hybridized carbons (Fsp3) is 0.0526. The molecule has 0 amide bonds. The van der Waals surface area contributed by atoms with Gasteiger partial charge in [0.05, 0.1) is 10.5 Å². The first kappa shape index (κ1) is 28.0. The van der Waals surface area contributed by atoms with Crippen LogP contribution in [0.4, 0.5) is 8.78 Å². The summed E-state index contributed by atoms with van der Waals surface area (Å²) in [5, 5.41) is -0.357. The molecule has 6 rings (SSSR count). The number of benzene rings is 6. The Morgan fingerprint density at radius 2 is 0.762 bits per heavy atom. The second-order valence-electron chi connectivity index (χ2n) is 9.97. The van der Waals surface area contributed by atoms with Crippen molar-refractivity contribution in [1.29, 1.82) is 0 Å². The highest BCUT2D eigenvalue weighted by Gasteiger charge is 2.25. The quantitative estimate of drug-likeness (QED) is 0.155. The van der Waals surface area contributed by atoms with E-state index in [2.05, 4.69) is 48.5 Å². The predicted octanol–water partition coefficient (Wildman–Crippen LogP) is 11.6. The van der Waals surface area contributed by atoms with Crippen molar-refractivity contribution in [3.05, 3.63) is 192 Å². The second kappa shape index (κ2) is 13.2. The average Bonchev–Trinajstić information content (AvgIpc) is 3.04. The molecule has 0 aliphatic rings. The van der Waals surface area contributed by atoms with Crippen LogP contribution in [0.1, 0.15) is 32.8 Å². The van der Waals surface area contributed by atoms with Crippen molar-refractivity contribution in [2.24, 2.45) is 0 Å². The highest BCUT2D eigenvalue weighted by atomic mass is 33.1. The first-order valence-corrected chi connectivity index (χ1v) is 16.1. The van der Waals surface area contributed by atoms with E-state index in [1.54, 1.807) is 45.9 Å². The van der Waals surface area contributed by atoms with Crippen LogP contribution in [-0.4, -0.2) is 0 Å². The summed E-state index contributed by atoms with van der Waals surface area (Å²) in [5.41, 5.74) is 8.38. The Labute approximate surface area is 253 Å². The summed E-state index contributed by atoms with van der Waals surface area (Å²) in [5.74, 6) is -0.534. The van der Waals surface area contributed by atoms with Gasteiger partial charge in [-0.2, -0.15) is 0 Å². The maximum atomic E-state index is 14.6. The molecule has 0 aliphatic carbocycles. The Morgan fingerprint density at radius 1 is 0.381 bits per heavy atom. The first-order chi connectivity index (χ1) is 20.7. The van der Waals surface area contributed by atoms with Crippen molar-refractivity contribution in [3.8, 4) is 22.3 Å². The monoisotopic (exact) mass is 586 g/mol. The molecule has 0 heterocycles. The third-order valence-electron chi connectivity index (χ3n) is 7.21. The molecular weight excluding hydrogens is 559 g/mol. The predicted molar refractivity (Wildman–Crippen MR) is 175 cm³/mol. The molecule has 0 radical (unpaired) electrons. The van der Waals surface area contributed by atoms with Crippen LogP contribution in [0, 0.1) is 11.6 Å². The van der Waals surface area contributed by atoms with E-state index in [9.17, 15) is 8.78 Å². The Balaban J connectivity index is 1.45. The lowest BCUT2D eigenvalue weighted by Gasteiger charge is -2.25. The van der Waals surface area contributed by atoms with E-state index < -0.39 is 0 Å². The molecule has 6 aromatic carbocycles. The third-order valence-corrected chi connectivity index (χ3v) is 10.2. The van der Waals surface area contributed by atoms with E-state index in [4.69, 9.17) is 0 Å². The lowest BCUT2D eigenvalue weighted by Crippen LogP contribution is -2.02. The summed E-state index contributed by atoms with van der Waals surface area (Å²) in [6, 6.07) is 50.9. The Bertz CT molecular complexity index is 1640. The first-order valence-electron chi connectivity index (χ1n) is 13.8. The zero-order valence-corrected chi connectivity index (χ0v) is 24.4. The van der Waals surface area contributed by atoms with Crippen LogP contribution in [0.25, 0.3) is 22.3 Å². The minimum Gasteiger partial charge on any atom is -0.207 e. The van der Waals surface area contributed by atoms with E-state index in [0.29, 0.717) is 0 Å². The van der Waals surface area contributed by atoms with Gasteiger partial charge in [-0.25, -0.2) is 8.78 Å². The van der Waals surface area contributed by atoms with E-state index in [1.807, 2.05) is 72.8 Å². The molecule has 0 aliphatic heterocycles. The number of halogens is 2. The molecule has 0 spiro atoms. The van der Waals surface area contributed by atoms with Gasteiger partial charge < -0.3 is 0 Å². The van der Waals surface area contributed by atoms with Gasteiger partial charge in [0.25, 0.3) is 0 Å². The molecule has 6 aromatic rings. The van der Waals surface area contributed by atoms with Crippen molar-refractivity contribution in [2.75, 3.05) is 0 Å². The summed E-state index contributed by atoms with van der Waals surface area (Å²) in [6.07, 6.45) is 0. The van der Waals surface area contributed by atoms with Crippen LogP contribution in [0.2, 0.25) is 0 Å². The van der Waals surface area contributed by atoms with Crippen LogP contribution < -0.4 is 0 Å². The molecule has 2 atom stereocenters. The molecule has 2 unspecified atom stereocenters. The van der Waals surface area contributed by atoms with E-state index in [-0.39, 0.29) is 22.1 Å². The van der Waals surface area contributed by atoms with Gasteiger partial charge in [0.15, 0.2) is 0 Å². The van der Waals surface area contributed by atoms with Gasteiger partial charge >= 0.3 is 0 Å². The highest BCUT2D eigenvalue weighted by Crippen LogP contribution is 2.54. The molecule has 0 aromatic heterocycles. The molecular formula is C38H28F2S2. The molecule has 0 saturated carbocycles. The fourth-order valence-electron chi connectivity index (χ4n) is 5.24. The van der Waals surface area contributed by atoms with E-state index >= 15 is 0 Å². The zero-order valence-electron chi connectivity index (χ0n) is 22.7. The molecule has 0 fully saturated rings. The van der Waals surface area contributed by atoms with Crippen molar-refractivity contribution in [1.82, 2.24) is 0 Å². The normalized spacial score (nSPS) is 12.5. The molecule has 0 N–H and O–H groups in total. The molecule has 42 heavy (non-hydrogen) atoms. The van der Waals surface area contributed by atoms with E-state index in [1.165, 1.54) is 12.1 Å². The van der Waals surface area contributed by atoms with Crippen LogP contribution in [0.5, 0.6) is 0 Å². The molecule has 206 valence electrons. The van der Waals surface area contributed by atoms with Gasteiger partial charge in [0, 0.05) is 0 Å². The molecule has 4 heteroatoms.